The molecule has 0 aromatic heterocycles. The summed E-state index contributed by atoms with van der Waals surface area (Å²) in [6, 6.07) is 19.6. The monoisotopic (exact) mass is 553 g/mol. The molecular weight excluding hydrogens is 518 g/mol. The van der Waals surface area contributed by atoms with Gasteiger partial charge in [-0.25, -0.2) is 5.43 Å². The maximum absolute atomic E-state index is 12.6. The Bertz CT molecular complexity index is 1430. The van der Waals surface area contributed by atoms with E-state index in [1.807, 2.05) is 12.1 Å². The minimum atomic E-state index is -0.447. The zero-order valence-electron chi connectivity index (χ0n) is 23.1. The van der Waals surface area contributed by atoms with Crippen LogP contribution in [0.1, 0.15) is 60.0 Å². The van der Waals surface area contributed by atoms with Crippen molar-refractivity contribution in [3.63, 3.8) is 0 Å². The molecule has 7 rings (SSSR count). The molecule has 3 N–H and O–H groups in total. The van der Waals surface area contributed by atoms with Crippen LogP contribution >= 0.6 is 0 Å². The third-order valence-electron chi connectivity index (χ3n) is 8.85. The van der Waals surface area contributed by atoms with Crippen molar-refractivity contribution in [2.24, 2.45) is 22.9 Å². The highest BCUT2D eigenvalue weighted by atomic mass is 16.5. The summed E-state index contributed by atoms with van der Waals surface area (Å²) in [5.74, 6) is 2.84. The van der Waals surface area contributed by atoms with Crippen molar-refractivity contribution in [3.05, 3.63) is 83.4 Å². The van der Waals surface area contributed by atoms with E-state index in [1.54, 1.807) is 30.3 Å². The van der Waals surface area contributed by atoms with Gasteiger partial charge >= 0.3 is 0 Å². The second kappa shape index (κ2) is 11.3. The van der Waals surface area contributed by atoms with Gasteiger partial charge in [0.15, 0.2) is 18.1 Å². The number of ether oxygens (including phenoxy) is 2. The number of hydrogen-bond donors (Lipinski definition) is 3. The zero-order chi connectivity index (χ0) is 28.4. The van der Waals surface area contributed by atoms with Gasteiger partial charge in [-0.05, 0) is 121 Å². The lowest BCUT2D eigenvalue weighted by atomic mass is 9.48. The van der Waals surface area contributed by atoms with Crippen LogP contribution in [0.15, 0.2) is 71.8 Å². The van der Waals surface area contributed by atoms with E-state index in [4.69, 9.17) is 9.47 Å². The number of hydrogen-bond acceptors (Lipinski definition) is 6. The molecule has 0 saturated heterocycles. The number of benzene rings is 3. The summed E-state index contributed by atoms with van der Waals surface area (Å²) in [5, 5.41) is 16.4. The van der Waals surface area contributed by atoms with E-state index in [1.165, 1.54) is 69.5 Å². The van der Waals surface area contributed by atoms with Gasteiger partial charge in [-0.2, -0.15) is 5.10 Å². The molecule has 212 valence electrons. The molecule has 2 amide bonds. The largest absolute Gasteiger partial charge is 0.508 e. The van der Waals surface area contributed by atoms with E-state index in [9.17, 15) is 14.7 Å². The van der Waals surface area contributed by atoms with Gasteiger partial charge in [-0.3, -0.25) is 9.59 Å². The van der Waals surface area contributed by atoms with E-state index in [-0.39, 0.29) is 18.3 Å². The highest BCUT2D eigenvalue weighted by molar-refractivity contribution is 5.95. The van der Waals surface area contributed by atoms with E-state index >= 15 is 0 Å². The molecule has 4 fully saturated rings. The Balaban J connectivity index is 1.02. The number of hydrazone groups is 1. The number of aromatic hydroxyl groups is 1. The smallest absolute Gasteiger partial charge is 0.271 e. The fourth-order valence-electron chi connectivity index (χ4n) is 7.47. The van der Waals surface area contributed by atoms with E-state index in [0.717, 1.165) is 23.4 Å². The molecule has 4 bridgehead atoms. The molecule has 0 unspecified atom stereocenters. The molecule has 0 radical (unpaired) electrons. The van der Waals surface area contributed by atoms with Crippen molar-refractivity contribution in [1.82, 2.24) is 5.43 Å². The number of methoxy groups -OCH3 is 1. The lowest BCUT2D eigenvalue weighted by Crippen LogP contribution is -2.48. The normalized spacial score (nSPS) is 24.3. The molecule has 4 aliphatic carbocycles. The van der Waals surface area contributed by atoms with Gasteiger partial charge < -0.3 is 19.9 Å². The van der Waals surface area contributed by atoms with E-state index in [2.05, 4.69) is 28.0 Å². The summed E-state index contributed by atoms with van der Waals surface area (Å²) >= 11 is 0. The molecule has 0 aliphatic heterocycles. The highest BCUT2D eigenvalue weighted by Crippen LogP contribution is 2.60. The van der Waals surface area contributed by atoms with Gasteiger partial charge in [0.05, 0.1) is 13.3 Å². The van der Waals surface area contributed by atoms with Crippen molar-refractivity contribution < 1.29 is 24.2 Å². The summed E-state index contributed by atoms with van der Waals surface area (Å²) in [7, 11) is 1.51. The summed E-state index contributed by atoms with van der Waals surface area (Å²) < 4.78 is 11.2. The third kappa shape index (κ3) is 5.92. The van der Waals surface area contributed by atoms with Crippen molar-refractivity contribution in [2.45, 2.75) is 43.9 Å². The SMILES string of the molecule is COc1cc(/C=N/NC(=O)c2cccc(O)c2)ccc1OCC(=O)Nc1ccc(C23CC4CC(CC(C4)C2)C3)cc1. The average molecular weight is 554 g/mol. The quantitative estimate of drug-likeness (QED) is 0.234. The van der Waals surface area contributed by atoms with Crippen LogP contribution in [0.2, 0.25) is 0 Å². The van der Waals surface area contributed by atoms with Crippen LogP contribution in [0, 0.1) is 17.8 Å². The fourth-order valence-corrected chi connectivity index (χ4v) is 7.47. The number of nitrogens with one attached hydrogen (secondary N) is 2. The Morgan fingerprint density at radius 2 is 1.66 bits per heavy atom. The Morgan fingerprint density at radius 1 is 0.951 bits per heavy atom. The number of carbonyl (C=O) groups excluding carboxylic acids is 2. The Morgan fingerprint density at radius 3 is 2.32 bits per heavy atom. The first-order chi connectivity index (χ1) is 19.9. The summed E-state index contributed by atoms with van der Waals surface area (Å²) in [6.45, 7) is -0.166. The first kappa shape index (κ1) is 26.9. The van der Waals surface area contributed by atoms with Crippen LogP contribution in [0.4, 0.5) is 5.69 Å². The fraction of sp³-hybridized carbons (Fsp3) is 0.364. The number of phenols is 1. The number of rotatable bonds is 9. The number of carbonyl (C=O) groups is 2. The topological polar surface area (TPSA) is 109 Å². The third-order valence-corrected chi connectivity index (χ3v) is 8.85. The zero-order valence-corrected chi connectivity index (χ0v) is 23.1. The van der Waals surface area contributed by atoms with E-state index in [0.29, 0.717) is 28.0 Å². The van der Waals surface area contributed by atoms with Gasteiger partial charge in [0.1, 0.15) is 5.75 Å². The van der Waals surface area contributed by atoms with Gasteiger partial charge in [-0.1, -0.05) is 18.2 Å². The predicted octanol–water partition coefficient (Wildman–Crippen LogP) is 5.65. The van der Waals surface area contributed by atoms with Crippen LogP contribution < -0.4 is 20.2 Å². The molecule has 8 nitrogen and oxygen atoms in total. The number of phenolic OH excluding ortho intramolecular Hbond substituents is 1. The Labute approximate surface area is 239 Å². The summed E-state index contributed by atoms with van der Waals surface area (Å²) in [4.78, 5) is 24.8. The molecule has 0 heterocycles. The lowest BCUT2D eigenvalue weighted by Gasteiger charge is -2.57. The molecule has 8 heteroatoms. The van der Waals surface area contributed by atoms with Gasteiger partial charge in [0.2, 0.25) is 0 Å². The minimum Gasteiger partial charge on any atom is -0.508 e. The van der Waals surface area contributed by atoms with Crippen LogP contribution in [0.25, 0.3) is 0 Å². The number of nitrogens with zero attached hydrogens (tertiary/aromatic N) is 1. The summed E-state index contributed by atoms with van der Waals surface area (Å²) in [5.41, 5.74) is 5.90. The van der Waals surface area contributed by atoms with Crippen LogP contribution in [-0.4, -0.2) is 36.9 Å². The number of anilines is 1. The first-order valence-corrected chi connectivity index (χ1v) is 14.2. The van der Waals surface area contributed by atoms with Crippen molar-refractivity contribution in [3.8, 4) is 17.2 Å². The second-order valence-electron chi connectivity index (χ2n) is 11.8. The second-order valence-corrected chi connectivity index (χ2v) is 11.8. The molecular formula is C33H35N3O5. The lowest BCUT2D eigenvalue weighted by molar-refractivity contribution is -0.118. The minimum absolute atomic E-state index is 0.000929. The Hall–Kier alpha value is -4.33. The maximum atomic E-state index is 12.6. The molecule has 4 aliphatic rings. The van der Waals surface area contributed by atoms with Crippen LogP contribution in [0.3, 0.4) is 0 Å². The van der Waals surface area contributed by atoms with Crippen molar-refractivity contribution in [2.75, 3.05) is 19.0 Å². The molecule has 41 heavy (non-hydrogen) atoms. The predicted molar refractivity (Wildman–Crippen MR) is 157 cm³/mol. The van der Waals surface area contributed by atoms with Crippen molar-refractivity contribution in [1.29, 1.82) is 0 Å². The molecule has 3 aromatic rings. The van der Waals surface area contributed by atoms with Crippen LogP contribution in [0.5, 0.6) is 17.2 Å². The molecule has 3 aromatic carbocycles. The maximum Gasteiger partial charge on any atom is 0.271 e. The Kier molecular flexibility index (Phi) is 7.39. The molecule has 0 atom stereocenters. The molecule has 4 saturated carbocycles. The first-order valence-electron chi connectivity index (χ1n) is 14.2. The summed E-state index contributed by atoms with van der Waals surface area (Å²) in [6.07, 6.45) is 9.69. The van der Waals surface area contributed by atoms with Crippen molar-refractivity contribution >= 4 is 23.7 Å². The highest BCUT2D eigenvalue weighted by Gasteiger charge is 2.51. The standard InChI is InChI=1S/C33H35N3O5/c1-40-30-14-21(19-34-36-32(39)25-3-2-4-28(37)15-25)5-10-29(30)41-20-31(38)35-27-8-6-26(7-9-27)33-16-22-11-23(17-33)13-24(12-22)18-33/h2-10,14-15,19,22-24,37H,11-13,16-18,20H2,1H3,(H,35,38)(H,36,39)/b34-19+. The van der Waals surface area contributed by atoms with Gasteiger partial charge in [-0.15, -0.1) is 0 Å². The van der Waals surface area contributed by atoms with Crippen LogP contribution in [-0.2, 0) is 10.2 Å². The van der Waals surface area contributed by atoms with Gasteiger partial charge in [0, 0.05) is 11.3 Å². The van der Waals surface area contributed by atoms with Gasteiger partial charge in [0.25, 0.3) is 11.8 Å². The number of amides is 2. The van der Waals surface area contributed by atoms with E-state index < -0.39 is 5.91 Å². The molecule has 0 spiro atoms. The average Bonchev–Trinajstić information content (AvgIpc) is 2.96.